The van der Waals surface area contributed by atoms with Gasteiger partial charge in [-0.1, -0.05) is 90.4 Å². The molecule has 0 aliphatic rings. The standard InChI is InChI=1S/C21H42O2/c1-3-4-18-21(23)19-16-14-12-10-8-6-5-7-9-11-13-15-17-20(2)22/h21,23H,3-19H2,1-2H3. The molecule has 0 aliphatic heterocycles. The lowest BCUT2D eigenvalue weighted by Crippen LogP contribution is -2.05. The van der Waals surface area contributed by atoms with Gasteiger partial charge in [0.2, 0.25) is 0 Å². The molecule has 0 aromatic heterocycles. The van der Waals surface area contributed by atoms with Crippen molar-refractivity contribution in [2.75, 3.05) is 0 Å². The molecule has 0 saturated carbocycles. The van der Waals surface area contributed by atoms with E-state index in [2.05, 4.69) is 6.92 Å². The summed E-state index contributed by atoms with van der Waals surface area (Å²) in [5.74, 6) is 0.334. The number of aliphatic hydroxyl groups excluding tert-OH is 1. The summed E-state index contributed by atoms with van der Waals surface area (Å²) in [4.78, 5) is 10.8. The number of Topliss-reactive ketones (excluding diaryl/α,β-unsaturated/α-hetero) is 1. The van der Waals surface area contributed by atoms with Crippen molar-refractivity contribution in [1.29, 1.82) is 0 Å². The van der Waals surface area contributed by atoms with Crippen molar-refractivity contribution in [3.63, 3.8) is 0 Å². The van der Waals surface area contributed by atoms with E-state index >= 15 is 0 Å². The molecule has 1 atom stereocenters. The third-order valence-corrected chi connectivity index (χ3v) is 4.71. The number of rotatable bonds is 18. The molecule has 0 rings (SSSR count). The van der Waals surface area contributed by atoms with Crippen LogP contribution in [0.3, 0.4) is 0 Å². The van der Waals surface area contributed by atoms with Gasteiger partial charge in [0.15, 0.2) is 0 Å². The summed E-state index contributed by atoms with van der Waals surface area (Å²) in [6.07, 6.45) is 20.7. The molecule has 138 valence electrons. The van der Waals surface area contributed by atoms with Gasteiger partial charge in [0.05, 0.1) is 6.10 Å². The van der Waals surface area contributed by atoms with Gasteiger partial charge in [-0.15, -0.1) is 0 Å². The molecular weight excluding hydrogens is 284 g/mol. The maximum Gasteiger partial charge on any atom is 0.129 e. The molecule has 0 fully saturated rings. The Kier molecular flexibility index (Phi) is 17.7. The number of carbonyl (C=O) groups excluding carboxylic acids is 1. The third kappa shape index (κ3) is 19.6. The number of ketones is 1. The van der Waals surface area contributed by atoms with Crippen LogP contribution < -0.4 is 0 Å². The van der Waals surface area contributed by atoms with E-state index in [1.807, 2.05) is 0 Å². The molecule has 0 saturated heterocycles. The molecule has 0 aliphatic carbocycles. The van der Waals surface area contributed by atoms with E-state index in [-0.39, 0.29) is 6.10 Å². The quantitative estimate of drug-likeness (QED) is 0.288. The average molecular weight is 327 g/mol. The lowest BCUT2D eigenvalue weighted by molar-refractivity contribution is -0.117. The first-order chi connectivity index (χ1) is 11.2. The Bertz CT molecular complexity index is 250. The van der Waals surface area contributed by atoms with Crippen molar-refractivity contribution in [1.82, 2.24) is 0 Å². The van der Waals surface area contributed by atoms with Crippen molar-refractivity contribution in [2.24, 2.45) is 0 Å². The largest absolute Gasteiger partial charge is 0.393 e. The highest BCUT2D eigenvalue weighted by atomic mass is 16.3. The van der Waals surface area contributed by atoms with Crippen LogP contribution in [-0.4, -0.2) is 17.0 Å². The molecule has 0 spiro atoms. The second-order valence-electron chi connectivity index (χ2n) is 7.28. The zero-order valence-electron chi connectivity index (χ0n) is 16.0. The van der Waals surface area contributed by atoms with Crippen molar-refractivity contribution in [2.45, 2.75) is 129 Å². The van der Waals surface area contributed by atoms with Crippen molar-refractivity contribution in [3.8, 4) is 0 Å². The smallest absolute Gasteiger partial charge is 0.129 e. The first-order valence-electron chi connectivity index (χ1n) is 10.3. The Labute approximate surface area is 145 Å². The van der Waals surface area contributed by atoms with Crippen LogP contribution in [-0.2, 0) is 4.79 Å². The van der Waals surface area contributed by atoms with E-state index in [0.717, 1.165) is 32.1 Å². The van der Waals surface area contributed by atoms with Crippen LogP contribution in [0.25, 0.3) is 0 Å². The molecule has 1 unspecified atom stereocenters. The van der Waals surface area contributed by atoms with Crippen LogP contribution in [0.15, 0.2) is 0 Å². The van der Waals surface area contributed by atoms with E-state index in [4.69, 9.17) is 0 Å². The predicted molar refractivity (Wildman–Crippen MR) is 101 cm³/mol. The fourth-order valence-corrected chi connectivity index (χ4v) is 3.11. The number of carbonyl (C=O) groups is 1. The highest BCUT2D eigenvalue weighted by molar-refractivity contribution is 5.75. The topological polar surface area (TPSA) is 37.3 Å². The van der Waals surface area contributed by atoms with Gasteiger partial charge in [-0.2, -0.15) is 0 Å². The van der Waals surface area contributed by atoms with Gasteiger partial charge >= 0.3 is 0 Å². The molecule has 23 heavy (non-hydrogen) atoms. The molecule has 2 nitrogen and oxygen atoms in total. The number of aliphatic hydroxyl groups is 1. The SMILES string of the molecule is CCCCC(O)CCCCCCCCCCCCCCC(C)=O. The molecular formula is C21H42O2. The lowest BCUT2D eigenvalue weighted by Gasteiger charge is -2.09. The van der Waals surface area contributed by atoms with Gasteiger partial charge in [0, 0.05) is 6.42 Å². The maximum atomic E-state index is 10.8. The van der Waals surface area contributed by atoms with E-state index in [1.54, 1.807) is 6.92 Å². The van der Waals surface area contributed by atoms with E-state index < -0.39 is 0 Å². The summed E-state index contributed by atoms with van der Waals surface area (Å²) in [6, 6.07) is 0. The number of hydrogen-bond donors (Lipinski definition) is 1. The minimum atomic E-state index is -0.0506. The fourth-order valence-electron chi connectivity index (χ4n) is 3.11. The summed E-state index contributed by atoms with van der Waals surface area (Å²) < 4.78 is 0. The van der Waals surface area contributed by atoms with Gasteiger partial charge in [0.25, 0.3) is 0 Å². The predicted octanol–water partition coefficient (Wildman–Crippen LogP) is 6.59. The second kappa shape index (κ2) is 18.0. The first kappa shape index (κ1) is 22.6. The van der Waals surface area contributed by atoms with Crippen molar-refractivity contribution in [3.05, 3.63) is 0 Å². The molecule has 0 amide bonds. The zero-order valence-corrected chi connectivity index (χ0v) is 16.0. The number of unbranched alkanes of at least 4 members (excludes halogenated alkanes) is 12. The maximum absolute atomic E-state index is 10.8. The Morgan fingerprint density at radius 2 is 1.09 bits per heavy atom. The van der Waals surface area contributed by atoms with Crippen LogP contribution in [0.5, 0.6) is 0 Å². The van der Waals surface area contributed by atoms with Crippen molar-refractivity contribution < 1.29 is 9.90 Å². The molecule has 0 aromatic rings. The molecule has 0 radical (unpaired) electrons. The molecule has 2 heteroatoms. The highest BCUT2D eigenvalue weighted by Crippen LogP contribution is 2.14. The minimum absolute atomic E-state index is 0.0506. The first-order valence-corrected chi connectivity index (χ1v) is 10.3. The average Bonchev–Trinajstić information content (AvgIpc) is 2.52. The van der Waals surface area contributed by atoms with Crippen LogP contribution in [0, 0.1) is 0 Å². The summed E-state index contributed by atoms with van der Waals surface area (Å²) in [6.45, 7) is 3.87. The van der Waals surface area contributed by atoms with Crippen LogP contribution >= 0.6 is 0 Å². The molecule has 0 bridgehead atoms. The molecule has 0 heterocycles. The summed E-state index contributed by atoms with van der Waals surface area (Å²) in [5, 5.41) is 9.77. The van der Waals surface area contributed by atoms with Crippen molar-refractivity contribution >= 4 is 5.78 Å². The summed E-state index contributed by atoms with van der Waals surface area (Å²) >= 11 is 0. The van der Waals surface area contributed by atoms with Gasteiger partial charge < -0.3 is 9.90 Å². The van der Waals surface area contributed by atoms with Gasteiger partial charge in [-0.05, 0) is 26.2 Å². The Morgan fingerprint density at radius 3 is 1.52 bits per heavy atom. The van der Waals surface area contributed by atoms with Crippen LogP contribution in [0.1, 0.15) is 123 Å². The third-order valence-electron chi connectivity index (χ3n) is 4.71. The fraction of sp³-hybridized carbons (Fsp3) is 0.952. The zero-order chi connectivity index (χ0) is 17.2. The number of hydrogen-bond acceptors (Lipinski definition) is 2. The summed E-state index contributed by atoms with van der Waals surface area (Å²) in [5.41, 5.74) is 0. The van der Waals surface area contributed by atoms with Gasteiger partial charge in [0.1, 0.15) is 5.78 Å². The Morgan fingerprint density at radius 1 is 0.696 bits per heavy atom. The molecule has 1 N–H and O–H groups in total. The normalized spacial score (nSPS) is 12.5. The second-order valence-corrected chi connectivity index (χ2v) is 7.28. The van der Waals surface area contributed by atoms with E-state index in [0.29, 0.717) is 5.78 Å². The lowest BCUT2D eigenvalue weighted by atomic mass is 10.0. The summed E-state index contributed by atoms with van der Waals surface area (Å²) in [7, 11) is 0. The van der Waals surface area contributed by atoms with Gasteiger partial charge in [-0.25, -0.2) is 0 Å². The van der Waals surface area contributed by atoms with Crippen LogP contribution in [0.2, 0.25) is 0 Å². The minimum Gasteiger partial charge on any atom is -0.393 e. The Hall–Kier alpha value is -0.370. The van der Waals surface area contributed by atoms with E-state index in [1.165, 1.54) is 77.0 Å². The highest BCUT2D eigenvalue weighted by Gasteiger charge is 2.02. The molecule has 0 aromatic carbocycles. The Balaban J connectivity index is 3.06. The van der Waals surface area contributed by atoms with Gasteiger partial charge in [-0.3, -0.25) is 0 Å². The van der Waals surface area contributed by atoms with Crippen LogP contribution in [0.4, 0.5) is 0 Å². The monoisotopic (exact) mass is 326 g/mol. The van der Waals surface area contributed by atoms with E-state index in [9.17, 15) is 9.90 Å².